The number of carboxylic acids is 1. The quantitative estimate of drug-likeness (QED) is 0.165. The standard InChI is InChI=1S/C26H34N4O7S/c1-14(2)22(30-23(33)19(27)11-15-3-7-17(31)8-4-15)25(35)29-21(13-38)24(34)28-20(26(36)37)12-16-5-9-18(32)10-6-16/h3-10,14,19-22,31-32,38H,11-13,27H2,1-2H3,(H,28,34)(H,29,35)(H,30,33)(H,36,37). The molecule has 4 unspecified atom stereocenters. The highest BCUT2D eigenvalue weighted by atomic mass is 32.1. The number of nitrogens with two attached hydrogens (primary N) is 1. The lowest BCUT2D eigenvalue weighted by Crippen LogP contribution is -2.59. The van der Waals surface area contributed by atoms with Gasteiger partial charge in [0.15, 0.2) is 0 Å². The average molecular weight is 547 g/mol. The maximum Gasteiger partial charge on any atom is 0.326 e. The second-order valence-electron chi connectivity index (χ2n) is 9.22. The first kappa shape index (κ1) is 30.5. The van der Waals surface area contributed by atoms with Gasteiger partial charge in [0, 0.05) is 12.2 Å². The fourth-order valence-electron chi connectivity index (χ4n) is 3.57. The van der Waals surface area contributed by atoms with Gasteiger partial charge in [-0.05, 0) is 47.7 Å². The summed E-state index contributed by atoms with van der Waals surface area (Å²) in [5.41, 5.74) is 7.32. The van der Waals surface area contributed by atoms with Crippen molar-refractivity contribution in [2.75, 3.05) is 5.75 Å². The monoisotopic (exact) mass is 546 g/mol. The van der Waals surface area contributed by atoms with Gasteiger partial charge in [-0.2, -0.15) is 12.6 Å². The van der Waals surface area contributed by atoms with Crippen LogP contribution in [0.2, 0.25) is 0 Å². The molecule has 2 rings (SSSR count). The summed E-state index contributed by atoms with van der Waals surface area (Å²) >= 11 is 4.12. The Labute approximate surface area is 226 Å². The van der Waals surface area contributed by atoms with E-state index in [-0.39, 0.29) is 36.0 Å². The Balaban J connectivity index is 2.02. The first-order valence-electron chi connectivity index (χ1n) is 12.0. The van der Waals surface area contributed by atoms with Crippen molar-refractivity contribution in [3.8, 4) is 11.5 Å². The van der Waals surface area contributed by atoms with Crippen molar-refractivity contribution in [2.45, 2.75) is 50.9 Å². The molecule has 38 heavy (non-hydrogen) atoms. The molecule has 4 atom stereocenters. The highest BCUT2D eigenvalue weighted by molar-refractivity contribution is 7.80. The number of carboxylic acid groups (broad SMARTS) is 1. The van der Waals surface area contributed by atoms with Gasteiger partial charge in [-0.3, -0.25) is 14.4 Å². The number of carbonyl (C=O) groups is 4. The second kappa shape index (κ2) is 14.2. The summed E-state index contributed by atoms with van der Waals surface area (Å²) in [5, 5.41) is 35.9. The van der Waals surface area contributed by atoms with E-state index >= 15 is 0 Å². The van der Waals surface area contributed by atoms with Crippen molar-refractivity contribution in [1.82, 2.24) is 16.0 Å². The molecule has 2 aromatic carbocycles. The number of amides is 3. The molecule has 0 saturated carbocycles. The van der Waals surface area contributed by atoms with E-state index in [9.17, 15) is 34.5 Å². The van der Waals surface area contributed by atoms with E-state index < -0.39 is 47.9 Å². The second-order valence-corrected chi connectivity index (χ2v) is 9.59. The van der Waals surface area contributed by atoms with Gasteiger partial charge in [0.2, 0.25) is 17.7 Å². The Bertz CT molecular complexity index is 1110. The fourth-order valence-corrected chi connectivity index (χ4v) is 3.83. The van der Waals surface area contributed by atoms with Crippen LogP contribution in [0.15, 0.2) is 48.5 Å². The third kappa shape index (κ3) is 9.27. The molecular weight excluding hydrogens is 512 g/mol. The minimum atomic E-state index is -1.29. The maximum atomic E-state index is 13.0. The minimum absolute atomic E-state index is 0.0237. The highest BCUT2D eigenvalue weighted by Gasteiger charge is 2.31. The van der Waals surface area contributed by atoms with Gasteiger partial charge < -0.3 is 37.0 Å². The van der Waals surface area contributed by atoms with Gasteiger partial charge in [0.05, 0.1) is 6.04 Å². The molecule has 0 aromatic heterocycles. The first-order valence-corrected chi connectivity index (χ1v) is 12.6. The summed E-state index contributed by atoms with van der Waals surface area (Å²) in [7, 11) is 0. The van der Waals surface area contributed by atoms with Crippen LogP contribution in [0.5, 0.6) is 11.5 Å². The van der Waals surface area contributed by atoms with Crippen molar-refractivity contribution in [3.05, 3.63) is 59.7 Å². The van der Waals surface area contributed by atoms with Gasteiger partial charge in [0.25, 0.3) is 0 Å². The van der Waals surface area contributed by atoms with Crippen LogP contribution in [0.1, 0.15) is 25.0 Å². The molecule has 0 fully saturated rings. The van der Waals surface area contributed by atoms with Crippen LogP contribution >= 0.6 is 12.6 Å². The van der Waals surface area contributed by atoms with E-state index in [0.717, 1.165) is 5.56 Å². The third-order valence-corrected chi connectivity index (χ3v) is 6.15. The molecule has 0 aliphatic carbocycles. The fraction of sp³-hybridized carbons (Fsp3) is 0.385. The molecule has 3 amide bonds. The number of aromatic hydroxyl groups is 2. The Hall–Kier alpha value is -3.77. The molecule has 0 aliphatic heterocycles. The molecule has 0 aliphatic rings. The van der Waals surface area contributed by atoms with E-state index in [1.807, 2.05) is 0 Å². The largest absolute Gasteiger partial charge is 0.508 e. The number of aliphatic carboxylic acids is 1. The number of nitrogens with one attached hydrogen (secondary N) is 3. The van der Waals surface area contributed by atoms with Crippen LogP contribution in [0.25, 0.3) is 0 Å². The third-order valence-electron chi connectivity index (χ3n) is 5.78. The molecule has 12 heteroatoms. The predicted octanol–water partition coefficient (Wildman–Crippen LogP) is 0.335. The molecule has 0 heterocycles. The number of carbonyl (C=O) groups excluding carboxylic acids is 3. The summed E-state index contributed by atoms with van der Waals surface area (Å²) < 4.78 is 0. The van der Waals surface area contributed by atoms with Crippen LogP contribution < -0.4 is 21.7 Å². The van der Waals surface area contributed by atoms with E-state index in [1.165, 1.54) is 36.4 Å². The number of hydrogen-bond acceptors (Lipinski definition) is 8. The Morgan fingerprint density at radius 2 is 1.24 bits per heavy atom. The van der Waals surface area contributed by atoms with Crippen molar-refractivity contribution in [2.24, 2.45) is 11.7 Å². The average Bonchev–Trinajstić information content (AvgIpc) is 2.87. The lowest BCUT2D eigenvalue weighted by Gasteiger charge is -2.26. The molecule has 0 radical (unpaired) electrons. The molecule has 206 valence electrons. The van der Waals surface area contributed by atoms with Crippen molar-refractivity contribution < 1.29 is 34.5 Å². The first-order chi connectivity index (χ1) is 17.9. The molecular formula is C26H34N4O7S. The normalized spacial score (nSPS) is 14.1. The number of phenolic OH excluding ortho intramolecular Hbond substituents is 2. The maximum absolute atomic E-state index is 13.0. The van der Waals surface area contributed by atoms with E-state index in [4.69, 9.17) is 5.73 Å². The van der Waals surface area contributed by atoms with Crippen molar-refractivity contribution >= 4 is 36.3 Å². The van der Waals surface area contributed by atoms with Crippen LogP contribution in [-0.2, 0) is 32.0 Å². The van der Waals surface area contributed by atoms with E-state index in [2.05, 4.69) is 28.6 Å². The van der Waals surface area contributed by atoms with Crippen molar-refractivity contribution in [1.29, 1.82) is 0 Å². The molecule has 2 aromatic rings. The Kier molecular flexibility index (Phi) is 11.4. The zero-order valence-electron chi connectivity index (χ0n) is 21.1. The SMILES string of the molecule is CC(C)C(NC(=O)C(N)Cc1ccc(O)cc1)C(=O)NC(CS)C(=O)NC(Cc1ccc(O)cc1)C(=O)O. The molecule has 8 N–H and O–H groups in total. The van der Waals surface area contributed by atoms with Gasteiger partial charge in [-0.15, -0.1) is 0 Å². The minimum Gasteiger partial charge on any atom is -0.508 e. The number of benzene rings is 2. The topological polar surface area (TPSA) is 191 Å². The van der Waals surface area contributed by atoms with Gasteiger partial charge in [0.1, 0.15) is 29.6 Å². The zero-order chi connectivity index (χ0) is 28.4. The molecule has 0 spiro atoms. The number of hydrogen-bond donors (Lipinski definition) is 8. The van der Waals surface area contributed by atoms with Gasteiger partial charge in [-0.25, -0.2) is 4.79 Å². The predicted molar refractivity (Wildman–Crippen MR) is 144 cm³/mol. The van der Waals surface area contributed by atoms with Crippen LogP contribution in [0.3, 0.4) is 0 Å². The Morgan fingerprint density at radius 1 is 0.763 bits per heavy atom. The summed E-state index contributed by atoms with van der Waals surface area (Å²) in [4.78, 5) is 50.2. The van der Waals surface area contributed by atoms with Crippen LogP contribution in [0.4, 0.5) is 0 Å². The summed E-state index contributed by atoms with van der Waals surface area (Å²) in [6, 6.07) is 7.68. The van der Waals surface area contributed by atoms with Gasteiger partial charge >= 0.3 is 5.97 Å². The smallest absolute Gasteiger partial charge is 0.326 e. The number of phenols is 2. The summed E-state index contributed by atoms with van der Waals surface area (Å²) in [6.07, 6.45) is 0.135. The Morgan fingerprint density at radius 3 is 1.68 bits per heavy atom. The highest BCUT2D eigenvalue weighted by Crippen LogP contribution is 2.13. The van der Waals surface area contributed by atoms with Crippen LogP contribution in [0, 0.1) is 5.92 Å². The zero-order valence-corrected chi connectivity index (χ0v) is 22.0. The lowest BCUT2D eigenvalue weighted by atomic mass is 10.0. The molecule has 11 nitrogen and oxygen atoms in total. The van der Waals surface area contributed by atoms with E-state index in [1.54, 1.807) is 26.0 Å². The summed E-state index contributed by atoms with van der Waals surface area (Å²) in [5.74, 6) is -3.62. The molecule has 0 bridgehead atoms. The van der Waals surface area contributed by atoms with Crippen LogP contribution in [-0.4, -0.2) is 68.9 Å². The van der Waals surface area contributed by atoms with E-state index in [0.29, 0.717) is 5.56 Å². The lowest BCUT2D eigenvalue weighted by molar-refractivity contribution is -0.142. The summed E-state index contributed by atoms with van der Waals surface area (Å²) in [6.45, 7) is 3.42. The van der Waals surface area contributed by atoms with Gasteiger partial charge in [-0.1, -0.05) is 38.1 Å². The van der Waals surface area contributed by atoms with Crippen molar-refractivity contribution in [3.63, 3.8) is 0 Å². The molecule has 0 saturated heterocycles. The number of thiol groups is 1. The number of rotatable bonds is 13.